The molecule has 0 fully saturated rings. The van der Waals surface area contributed by atoms with Crippen molar-refractivity contribution in [1.82, 2.24) is 24.6 Å². The smallest absolute Gasteiger partial charge is 0.412 e. The minimum absolute atomic E-state index is 0.0181. The summed E-state index contributed by atoms with van der Waals surface area (Å²) in [7, 11) is 0. The third-order valence-corrected chi connectivity index (χ3v) is 5.37. The molecule has 3 aromatic heterocycles. The fraction of sp³-hybridized carbons (Fsp3) is 0.192. The van der Waals surface area contributed by atoms with Crippen LogP contribution in [0.1, 0.15) is 26.3 Å². The third-order valence-electron chi connectivity index (χ3n) is 5.37. The van der Waals surface area contributed by atoms with E-state index in [9.17, 15) is 4.79 Å². The van der Waals surface area contributed by atoms with Gasteiger partial charge in [0.05, 0.1) is 22.3 Å². The number of halogens is 2. The minimum atomic E-state index is -0.817. The molecule has 0 radical (unpaired) electrons. The van der Waals surface area contributed by atoms with Crippen molar-refractivity contribution in [2.75, 3.05) is 10.6 Å². The molecular formula is C26H23F2N7O3. The van der Waals surface area contributed by atoms with Crippen molar-refractivity contribution >= 4 is 39.8 Å². The molecule has 0 bridgehead atoms. The average Bonchev–Trinajstić information content (AvgIpc) is 3.31. The van der Waals surface area contributed by atoms with Gasteiger partial charge in [-0.25, -0.2) is 33.0 Å². The van der Waals surface area contributed by atoms with Crippen LogP contribution in [0.5, 0.6) is 11.5 Å². The van der Waals surface area contributed by atoms with Gasteiger partial charge in [-0.2, -0.15) is 5.10 Å². The van der Waals surface area contributed by atoms with Gasteiger partial charge in [0.15, 0.2) is 11.5 Å². The first-order chi connectivity index (χ1) is 18.1. The van der Waals surface area contributed by atoms with Crippen LogP contribution in [0.25, 0.3) is 16.6 Å². The lowest BCUT2D eigenvalue weighted by atomic mass is 10.1. The lowest BCUT2D eigenvalue weighted by Gasteiger charge is -2.20. The maximum atomic E-state index is 15.5. The SMILES string of the molecule is Cc1cc(Nc2ncnc3ccc(NC(=O)OC(C)(C)C)c(F)c23)c(F)cc1Oc1ccn2ncnc2c1. The molecule has 1 amide bonds. The molecule has 0 aliphatic rings. The van der Waals surface area contributed by atoms with Crippen molar-refractivity contribution < 1.29 is 23.0 Å². The van der Waals surface area contributed by atoms with Gasteiger partial charge in [0.1, 0.15) is 41.4 Å². The van der Waals surface area contributed by atoms with Gasteiger partial charge in [0.2, 0.25) is 0 Å². The number of amides is 1. The van der Waals surface area contributed by atoms with Crippen molar-refractivity contribution in [3.8, 4) is 11.5 Å². The van der Waals surface area contributed by atoms with Crippen LogP contribution in [0.4, 0.5) is 30.8 Å². The van der Waals surface area contributed by atoms with Crippen LogP contribution in [-0.2, 0) is 4.74 Å². The topological polar surface area (TPSA) is 116 Å². The van der Waals surface area contributed by atoms with Crippen molar-refractivity contribution in [1.29, 1.82) is 0 Å². The number of aryl methyl sites for hydroxylation is 1. The molecule has 0 saturated carbocycles. The second-order valence-electron chi connectivity index (χ2n) is 9.42. The number of benzene rings is 2. The molecule has 2 aromatic carbocycles. The van der Waals surface area contributed by atoms with E-state index in [1.165, 1.54) is 36.9 Å². The number of anilines is 3. The van der Waals surface area contributed by atoms with E-state index in [0.717, 1.165) is 0 Å². The zero-order valence-corrected chi connectivity index (χ0v) is 20.9. The molecule has 12 heteroatoms. The van der Waals surface area contributed by atoms with Crippen molar-refractivity contribution in [3.63, 3.8) is 0 Å². The standard InChI is InChI=1S/C26H23F2N7O3/c1-14-9-19(16(27)11-20(14)37-15-7-8-35-21(10-15)30-13-32-35)33-24-22-17(29-12-31-24)5-6-18(23(22)28)34-25(36)38-26(2,3)4/h5-13H,1-4H3,(H,34,36)(H,29,31,33). The van der Waals surface area contributed by atoms with Crippen LogP contribution >= 0.6 is 0 Å². The highest BCUT2D eigenvalue weighted by Crippen LogP contribution is 2.34. The fourth-order valence-electron chi connectivity index (χ4n) is 3.70. The first-order valence-electron chi connectivity index (χ1n) is 11.5. The summed E-state index contributed by atoms with van der Waals surface area (Å²) in [5, 5.41) is 9.23. The summed E-state index contributed by atoms with van der Waals surface area (Å²) in [5.74, 6) is -0.673. The molecule has 194 valence electrons. The molecule has 0 atom stereocenters. The van der Waals surface area contributed by atoms with Crippen LogP contribution in [0.3, 0.4) is 0 Å². The van der Waals surface area contributed by atoms with E-state index in [1.54, 1.807) is 50.5 Å². The molecule has 0 aliphatic carbocycles. The van der Waals surface area contributed by atoms with Crippen LogP contribution in [0.2, 0.25) is 0 Å². The quantitative estimate of drug-likeness (QED) is 0.284. The van der Waals surface area contributed by atoms with Gasteiger partial charge < -0.3 is 14.8 Å². The highest BCUT2D eigenvalue weighted by molar-refractivity contribution is 5.96. The van der Waals surface area contributed by atoms with Crippen LogP contribution in [-0.4, -0.2) is 36.3 Å². The van der Waals surface area contributed by atoms with Crippen molar-refractivity contribution in [3.05, 3.63) is 72.4 Å². The number of ether oxygens (including phenoxy) is 2. The predicted octanol–water partition coefficient (Wildman–Crippen LogP) is 6.14. The van der Waals surface area contributed by atoms with Crippen LogP contribution in [0, 0.1) is 18.6 Å². The van der Waals surface area contributed by atoms with E-state index >= 15 is 8.78 Å². The van der Waals surface area contributed by atoms with E-state index in [0.29, 0.717) is 22.7 Å². The number of hydrogen-bond donors (Lipinski definition) is 2. The van der Waals surface area contributed by atoms with Gasteiger partial charge in [0, 0.05) is 18.3 Å². The zero-order chi connectivity index (χ0) is 27.0. The lowest BCUT2D eigenvalue weighted by Crippen LogP contribution is -2.27. The third kappa shape index (κ3) is 5.14. The lowest BCUT2D eigenvalue weighted by molar-refractivity contribution is 0.0635. The Morgan fingerprint density at radius 3 is 2.61 bits per heavy atom. The van der Waals surface area contributed by atoms with Gasteiger partial charge in [-0.05, 0) is 57.5 Å². The average molecular weight is 520 g/mol. The summed E-state index contributed by atoms with van der Waals surface area (Å²) in [6.45, 7) is 6.84. The van der Waals surface area contributed by atoms with E-state index < -0.39 is 23.3 Å². The summed E-state index contributed by atoms with van der Waals surface area (Å²) >= 11 is 0. The second-order valence-corrected chi connectivity index (χ2v) is 9.42. The highest BCUT2D eigenvalue weighted by atomic mass is 19.1. The Morgan fingerprint density at radius 2 is 1.82 bits per heavy atom. The molecule has 0 spiro atoms. The molecule has 0 unspecified atom stereocenters. The van der Waals surface area contributed by atoms with Crippen LogP contribution < -0.4 is 15.4 Å². The maximum Gasteiger partial charge on any atom is 0.412 e. The van der Waals surface area contributed by atoms with Gasteiger partial charge in [0.25, 0.3) is 0 Å². The number of fused-ring (bicyclic) bond motifs is 2. The van der Waals surface area contributed by atoms with E-state index in [-0.39, 0.29) is 28.1 Å². The van der Waals surface area contributed by atoms with Crippen molar-refractivity contribution in [2.24, 2.45) is 0 Å². The number of pyridine rings is 1. The summed E-state index contributed by atoms with van der Waals surface area (Å²) in [6, 6.07) is 8.99. The number of carbonyl (C=O) groups is 1. The predicted molar refractivity (Wildman–Crippen MR) is 137 cm³/mol. The number of nitrogens with one attached hydrogen (secondary N) is 2. The van der Waals surface area contributed by atoms with Crippen LogP contribution in [0.15, 0.2) is 55.2 Å². The molecule has 0 saturated heterocycles. The largest absolute Gasteiger partial charge is 0.457 e. The second kappa shape index (κ2) is 9.54. The Hall–Kier alpha value is -4.87. The van der Waals surface area contributed by atoms with E-state index in [1.807, 2.05) is 0 Å². The van der Waals surface area contributed by atoms with Gasteiger partial charge in [-0.1, -0.05) is 0 Å². The molecule has 3 heterocycles. The Kier molecular flexibility index (Phi) is 6.23. The Balaban J connectivity index is 1.43. The summed E-state index contributed by atoms with van der Waals surface area (Å²) in [4.78, 5) is 24.5. The monoisotopic (exact) mass is 519 g/mol. The Labute approximate surface area is 215 Å². The fourth-order valence-corrected chi connectivity index (χ4v) is 3.70. The van der Waals surface area contributed by atoms with Gasteiger partial charge >= 0.3 is 6.09 Å². The normalized spacial score (nSPS) is 11.5. The summed E-state index contributed by atoms with van der Waals surface area (Å²) in [6.07, 6.45) is 3.51. The summed E-state index contributed by atoms with van der Waals surface area (Å²) < 4.78 is 43.3. The molecule has 2 N–H and O–H groups in total. The Morgan fingerprint density at radius 1 is 1.00 bits per heavy atom. The molecule has 0 aliphatic heterocycles. The highest BCUT2D eigenvalue weighted by Gasteiger charge is 2.20. The number of aromatic nitrogens is 5. The Bertz CT molecular complexity index is 1680. The molecule has 10 nitrogen and oxygen atoms in total. The number of rotatable bonds is 5. The maximum absolute atomic E-state index is 15.5. The number of carbonyl (C=O) groups excluding carboxylic acids is 1. The summed E-state index contributed by atoms with van der Waals surface area (Å²) in [5.41, 5.74) is 0.610. The molecule has 5 rings (SSSR count). The minimum Gasteiger partial charge on any atom is -0.457 e. The van der Waals surface area contributed by atoms with Crippen molar-refractivity contribution in [2.45, 2.75) is 33.3 Å². The number of hydrogen-bond acceptors (Lipinski definition) is 8. The molecular weight excluding hydrogens is 496 g/mol. The zero-order valence-electron chi connectivity index (χ0n) is 20.9. The first-order valence-corrected chi connectivity index (χ1v) is 11.5. The van der Waals surface area contributed by atoms with Gasteiger partial charge in [-0.3, -0.25) is 5.32 Å². The van der Waals surface area contributed by atoms with E-state index in [4.69, 9.17) is 9.47 Å². The first kappa shape index (κ1) is 24.8. The van der Waals surface area contributed by atoms with Gasteiger partial charge in [-0.15, -0.1) is 0 Å². The van der Waals surface area contributed by atoms with E-state index in [2.05, 4.69) is 30.7 Å². The molecule has 38 heavy (non-hydrogen) atoms. The number of nitrogens with zero attached hydrogens (tertiary/aromatic N) is 5. The molecule has 5 aromatic rings.